The molecule has 0 radical (unpaired) electrons. The highest BCUT2D eigenvalue weighted by Gasteiger charge is 2.16. The summed E-state index contributed by atoms with van der Waals surface area (Å²) in [6.45, 7) is 1.97. The molecule has 0 aliphatic rings. The third kappa shape index (κ3) is 3.51. The van der Waals surface area contributed by atoms with E-state index in [1.807, 2.05) is 6.92 Å². The number of anilines is 1. The van der Waals surface area contributed by atoms with Gasteiger partial charge in [-0.05, 0) is 24.0 Å². The van der Waals surface area contributed by atoms with Crippen LogP contribution in [-0.2, 0) is 0 Å². The summed E-state index contributed by atoms with van der Waals surface area (Å²) in [6, 6.07) is 3.14. The fourth-order valence-electron chi connectivity index (χ4n) is 1.40. The minimum atomic E-state index is -1.04. The van der Waals surface area contributed by atoms with Crippen molar-refractivity contribution in [3.05, 3.63) is 17.7 Å². The van der Waals surface area contributed by atoms with E-state index in [1.165, 1.54) is 18.9 Å². The maximum atomic E-state index is 11.1. The van der Waals surface area contributed by atoms with Crippen LogP contribution in [0.25, 0.3) is 0 Å². The van der Waals surface area contributed by atoms with Crippen LogP contribution < -0.4 is 15.8 Å². The second-order valence-electron chi connectivity index (χ2n) is 3.28. The molecule has 0 bridgehead atoms. The number of hydrogen-bond donors (Lipinski definition) is 3. The van der Waals surface area contributed by atoms with Gasteiger partial charge >= 0.3 is 5.97 Å². The molecule has 0 heterocycles. The van der Waals surface area contributed by atoms with E-state index in [0.29, 0.717) is 5.69 Å². The highest BCUT2D eigenvalue weighted by Crippen LogP contribution is 2.34. The van der Waals surface area contributed by atoms with E-state index in [0.717, 1.165) is 10.6 Å². The minimum Gasteiger partial charge on any atom is -0.496 e. The van der Waals surface area contributed by atoms with Crippen molar-refractivity contribution in [2.75, 3.05) is 18.2 Å². The maximum Gasteiger partial charge on any atom is 0.339 e. The first-order valence-electron chi connectivity index (χ1n) is 5.14. The number of aromatic carboxylic acids is 1. The van der Waals surface area contributed by atoms with Crippen molar-refractivity contribution >= 4 is 40.7 Å². The van der Waals surface area contributed by atoms with Gasteiger partial charge in [-0.2, -0.15) is 0 Å². The van der Waals surface area contributed by atoms with E-state index in [-0.39, 0.29) is 16.4 Å². The van der Waals surface area contributed by atoms with Crippen LogP contribution >= 0.6 is 24.0 Å². The number of nitrogens with one attached hydrogen (secondary N) is 1. The van der Waals surface area contributed by atoms with Gasteiger partial charge in [-0.15, -0.1) is 11.8 Å². The third-order valence-corrected chi connectivity index (χ3v) is 3.13. The minimum absolute atomic E-state index is 0.113. The normalized spacial score (nSPS) is 9.89. The smallest absolute Gasteiger partial charge is 0.339 e. The van der Waals surface area contributed by atoms with Crippen LogP contribution in [0.4, 0.5) is 5.69 Å². The molecular formula is C11H14N2O3S2. The summed E-state index contributed by atoms with van der Waals surface area (Å²) in [7, 11) is 1.42. The zero-order valence-electron chi connectivity index (χ0n) is 10.0. The summed E-state index contributed by atoms with van der Waals surface area (Å²) < 4.78 is 5.05. The zero-order chi connectivity index (χ0) is 13.7. The molecule has 18 heavy (non-hydrogen) atoms. The Morgan fingerprint density at radius 2 is 2.28 bits per heavy atom. The van der Waals surface area contributed by atoms with Gasteiger partial charge in [0.05, 0.1) is 12.8 Å². The average molecular weight is 286 g/mol. The molecule has 1 aromatic rings. The fourth-order valence-corrected chi connectivity index (χ4v) is 2.29. The number of thiocarbonyl (C=S) groups is 1. The standard InChI is InChI=1S/C11H14N2O3S2/c1-3-18-9-4-6(10(14)15)8(16-2)5-7(9)13-11(12)17/h4-5H,3H2,1-2H3,(H,14,15)(H3,12,13,17). The zero-order valence-corrected chi connectivity index (χ0v) is 11.7. The lowest BCUT2D eigenvalue weighted by atomic mass is 10.2. The molecule has 1 rings (SSSR count). The Kier molecular flexibility index (Phi) is 5.24. The van der Waals surface area contributed by atoms with Crippen LogP contribution in [0.15, 0.2) is 17.0 Å². The van der Waals surface area contributed by atoms with Crippen molar-refractivity contribution in [1.29, 1.82) is 0 Å². The van der Waals surface area contributed by atoms with Crippen molar-refractivity contribution < 1.29 is 14.6 Å². The molecule has 0 amide bonds. The quantitative estimate of drug-likeness (QED) is 0.565. The van der Waals surface area contributed by atoms with Gasteiger partial charge in [0.15, 0.2) is 5.11 Å². The Labute approximate surface area is 115 Å². The maximum absolute atomic E-state index is 11.1. The Bertz CT molecular complexity index is 478. The van der Waals surface area contributed by atoms with E-state index in [9.17, 15) is 4.79 Å². The van der Waals surface area contributed by atoms with Crippen LogP contribution in [-0.4, -0.2) is 29.1 Å². The Morgan fingerprint density at radius 1 is 1.61 bits per heavy atom. The summed E-state index contributed by atoms with van der Waals surface area (Å²) in [5, 5.41) is 12.0. The first kappa shape index (κ1) is 14.6. The van der Waals surface area contributed by atoms with Gasteiger partial charge in [0.2, 0.25) is 0 Å². The van der Waals surface area contributed by atoms with Crippen LogP contribution in [0.2, 0.25) is 0 Å². The number of benzene rings is 1. The molecule has 0 spiro atoms. The van der Waals surface area contributed by atoms with Crippen molar-refractivity contribution in [3.8, 4) is 5.75 Å². The highest BCUT2D eigenvalue weighted by molar-refractivity contribution is 7.99. The van der Waals surface area contributed by atoms with Crippen molar-refractivity contribution in [2.24, 2.45) is 5.73 Å². The molecule has 5 nitrogen and oxygen atoms in total. The van der Waals surface area contributed by atoms with Crippen molar-refractivity contribution in [2.45, 2.75) is 11.8 Å². The van der Waals surface area contributed by atoms with Gasteiger partial charge in [-0.25, -0.2) is 4.79 Å². The highest BCUT2D eigenvalue weighted by atomic mass is 32.2. The molecule has 0 fully saturated rings. The number of rotatable bonds is 5. The number of thioether (sulfide) groups is 1. The lowest BCUT2D eigenvalue weighted by Gasteiger charge is -2.14. The first-order chi connectivity index (χ1) is 8.49. The van der Waals surface area contributed by atoms with Gasteiger partial charge in [-0.3, -0.25) is 0 Å². The average Bonchev–Trinajstić information content (AvgIpc) is 2.30. The number of nitrogens with two attached hydrogens (primary N) is 1. The number of ether oxygens (including phenoxy) is 1. The van der Waals surface area contributed by atoms with Crippen molar-refractivity contribution in [3.63, 3.8) is 0 Å². The van der Waals surface area contributed by atoms with Crippen LogP contribution in [0.3, 0.4) is 0 Å². The van der Waals surface area contributed by atoms with E-state index in [2.05, 4.69) is 5.32 Å². The SMILES string of the molecule is CCSc1cc(C(=O)O)c(OC)cc1NC(N)=S. The number of carbonyl (C=O) groups is 1. The Balaban J connectivity index is 3.31. The summed E-state index contributed by atoms with van der Waals surface area (Å²) >= 11 is 6.28. The predicted molar refractivity (Wildman–Crippen MR) is 76.8 cm³/mol. The molecule has 1 aromatic carbocycles. The summed E-state index contributed by atoms with van der Waals surface area (Å²) in [5.41, 5.74) is 6.19. The molecule has 7 heteroatoms. The number of methoxy groups -OCH3 is 1. The monoisotopic (exact) mass is 286 g/mol. The first-order valence-corrected chi connectivity index (χ1v) is 6.53. The summed E-state index contributed by atoms with van der Waals surface area (Å²) in [6.07, 6.45) is 0. The third-order valence-electron chi connectivity index (χ3n) is 2.09. The molecular weight excluding hydrogens is 272 g/mol. The van der Waals surface area contributed by atoms with Crippen LogP contribution in [0, 0.1) is 0 Å². The van der Waals surface area contributed by atoms with Crippen LogP contribution in [0.1, 0.15) is 17.3 Å². The van der Waals surface area contributed by atoms with Gasteiger partial charge in [0.25, 0.3) is 0 Å². The molecule has 0 unspecified atom stereocenters. The van der Waals surface area contributed by atoms with Gasteiger partial charge in [-0.1, -0.05) is 6.92 Å². The predicted octanol–water partition coefficient (Wildman–Crippen LogP) is 2.16. The summed E-state index contributed by atoms with van der Waals surface area (Å²) in [5.74, 6) is 0.0330. The molecule has 4 N–H and O–H groups in total. The molecule has 0 aromatic heterocycles. The number of hydrogen-bond acceptors (Lipinski definition) is 4. The number of carboxylic acid groups (broad SMARTS) is 1. The van der Waals surface area contributed by atoms with Crippen LogP contribution in [0.5, 0.6) is 5.75 Å². The molecule has 0 aliphatic heterocycles. The fraction of sp³-hybridized carbons (Fsp3) is 0.273. The molecule has 0 saturated heterocycles. The van der Waals surface area contributed by atoms with E-state index >= 15 is 0 Å². The van der Waals surface area contributed by atoms with E-state index < -0.39 is 5.97 Å². The van der Waals surface area contributed by atoms with E-state index in [1.54, 1.807) is 12.1 Å². The largest absolute Gasteiger partial charge is 0.496 e. The second kappa shape index (κ2) is 6.46. The van der Waals surface area contributed by atoms with Gasteiger partial charge in [0, 0.05) is 11.0 Å². The molecule has 98 valence electrons. The second-order valence-corrected chi connectivity index (χ2v) is 5.02. The molecule has 0 aliphatic carbocycles. The van der Waals surface area contributed by atoms with Gasteiger partial charge in [0.1, 0.15) is 11.3 Å². The van der Waals surface area contributed by atoms with Crippen molar-refractivity contribution in [1.82, 2.24) is 0 Å². The lowest BCUT2D eigenvalue weighted by molar-refractivity contribution is 0.0693. The molecule has 0 atom stereocenters. The topological polar surface area (TPSA) is 84.6 Å². The Hall–Kier alpha value is -1.47. The van der Waals surface area contributed by atoms with E-state index in [4.69, 9.17) is 27.8 Å². The lowest BCUT2D eigenvalue weighted by Crippen LogP contribution is -2.19. The number of carboxylic acids is 1. The van der Waals surface area contributed by atoms with Gasteiger partial charge < -0.3 is 20.9 Å². The summed E-state index contributed by atoms with van der Waals surface area (Å²) in [4.78, 5) is 11.9. The Morgan fingerprint density at radius 3 is 2.72 bits per heavy atom. The molecule has 0 saturated carbocycles.